The van der Waals surface area contributed by atoms with Crippen LogP contribution in [0.1, 0.15) is 5.69 Å². The van der Waals surface area contributed by atoms with E-state index in [1.165, 1.54) is 0 Å². The molecule has 5 heteroatoms. The summed E-state index contributed by atoms with van der Waals surface area (Å²) < 4.78 is 5.73. The quantitative estimate of drug-likeness (QED) is 0.607. The van der Waals surface area contributed by atoms with Gasteiger partial charge >= 0.3 is 87.6 Å². The van der Waals surface area contributed by atoms with E-state index in [0.717, 1.165) is 9.40 Å². The van der Waals surface area contributed by atoms with Crippen LogP contribution in [0.3, 0.4) is 0 Å². The zero-order valence-corrected chi connectivity index (χ0v) is 11.5. The predicted molar refractivity (Wildman–Crippen MR) is 55.9 cm³/mol. The molecule has 0 aliphatic carbocycles. The van der Waals surface area contributed by atoms with Gasteiger partial charge in [-0.3, -0.25) is 0 Å². The van der Waals surface area contributed by atoms with Gasteiger partial charge < -0.3 is 0 Å². The molecule has 1 aromatic rings. The number of hydrogen-bond acceptors (Lipinski definition) is 4. The van der Waals surface area contributed by atoms with Crippen molar-refractivity contribution in [3.63, 3.8) is 0 Å². The molecule has 0 fully saturated rings. The van der Waals surface area contributed by atoms with Crippen LogP contribution < -0.4 is 3.71 Å². The van der Waals surface area contributed by atoms with Gasteiger partial charge in [-0.2, -0.15) is 0 Å². The molecule has 0 aliphatic heterocycles. The molecule has 0 aromatic carbocycles. The van der Waals surface area contributed by atoms with Crippen LogP contribution in [-0.4, -0.2) is 34.8 Å². The number of carbonyl (C=O) groups excluding carboxylic acids is 1. The molecule has 0 spiro atoms. The van der Waals surface area contributed by atoms with Crippen molar-refractivity contribution in [3.8, 4) is 0 Å². The fraction of sp³-hybridized carbons (Fsp3) is 0.444. The van der Waals surface area contributed by atoms with E-state index in [9.17, 15) is 4.79 Å². The zero-order valence-electron chi connectivity index (χ0n) is 8.65. The zero-order chi connectivity index (χ0) is 10.6. The van der Waals surface area contributed by atoms with E-state index in [1.54, 1.807) is 6.20 Å². The van der Waals surface area contributed by atoms with Crippen molar-refractivity contribution in [1.29, 1.82) is 0 Å². The maximum absolute atomic E-state index is 10.0. The van der Waals surface area contributed by atoms with E-state index < -0.39 is 18.4 Å². The van der Waals surface area contributed by atoms with Gasteiger partial charge in [0.1, 0.15) is 0 Å². The number of nitrogens with zero attached hydrogens (tertiary/aromatic N) is 2. The van der Waals surface area contributed by atoms with E-state index >= 15 is 0 Å². The summed E-state index contributed by atoms with van der Waals surface area (Å²) in [5.41, 5.74) is 0.723. The van der Waals surface area contributed by atoms with Crippen molar-refractivity contribution in [1.82, 2.24) is 9.97 Å². The monoisotopic (exact) mass is 302 g/mol. The molecular formula is C9H14N2O2Sn. The van der Waals surface area contributed by atoms with Crippen LogP contribution in [0, 0.1) is 0 Å². The average molecular weight is 301 g/mol. The molecule has 0 saturated carbocycles. The van der Waals surface area contributed by atoms with Crippen LogP contribution in [0.5, 0.6) is 0 Å². The Morgan fingerprint density at radius 1 is 1.43 bits per heavy atom. The second-order valence-electron chi connectivity index (χ2n) is 4.05. The number of carbonyl (C=O) groups is 1. The topological polar surface area (TPSA) is 52.1 Å². The number of rotatable bonds is 4. The van der Waals surface area contributed by atoms with Crippen molar-refractivity contribution in [2.24, 2.45) is 0 Å². The summed E-state index contributed by atoms with van der Waals surface area (Å²) in [5.74, 6) is 0. The third-order valence-corrected chi connectivity index (χ3v) is 6.83. The van der Waals surface area contributed by atoms with E-state index in [0.29, 0.717) is 6.47 Å². The molecule has 0 amide bonds. The Hall–Kier alpha value is -0.651. The summed E-state index contributed by atoms with van der Waals surface area (Å²) in [6.07, 6.45) is 3.45. The normalized spacial score (nSPS) is 11.1. The fourth-order valence-corrected chi connectivity index (χ4v) is 3.64. The molecule has 76 valence electrons. The Morgan fingerprint density at radius 3 is 2.71 bits per heavy atom. The van der Waals surface area contributed by atoms with Crippen LogP contribution in [0.15, 0.2) is 12.4 Å². The van der Waals surface area contributed by atoms with Gasteiger partial charge in [-0.1, -0.05) is 0 Å². The molecule has 0 atom stereocenters. The van der Waals surface area contributed by atoms with Crippen LogP contribution >= 0.6 is 0 Å². The molecule has 0 saturated heterocycles. The minimum absolute atomic E-state index is 0.215. The molecule has 0 radical (unpaired) electrons. The molecule has 1 aromatic heterocycles. The van der Waals surface area contributed by atoms with Gasteiger partial charge in [0.2, 0.25) is 0 Å². The standard InChI is InChI=1S/C6H5N2O2.3CH3.Sn/c9-5-10-4-6-3-7-1-2-8-6;;;;/h1,3,5H,4H2;3*1H3;. The molecule has 0 bridgehead atoms. The third-order valence-electron chi connectivity index (χ3n) is 1.75. The summed E-state index contributed by atoms with van der Waals surface area (Å²) in [6.45, 7) is 0.640. The Balaban J connectivity index is 2.84. The second kappa shape index (κ2) is 4.72. The van der Waals surface area contributed by atoms with Gasteiger partial charge in [0.05, 0.1) is 0 Å². The van der Waals surface area contributed by atoms with Gasteiger partial charge in [0.25, 0.3) is 0 Å². The van der Waals surface area contributed by atoms with Crippen LogP contribution in [0.2, 0.25) is 14.8 Å². The molecule has 1 rings (SSSR count). The molecule has 1 heterocycles. The van der Waals surface area contributed by atoms with Gasteiger partial charge in [-0.25, -0.2) is 0 Å². The average Bonchev–Trinajstić information content (AvgIpc) is 2.14. The van der Waals surface area contributed by atoms with E-state index in [4.69, 9.17) is 0 Å². The summed E-state index contributed by atoms with van der Waals surface area (Å²) >= 11 is -2.13. The van der Waals surface area contributed by atoms with Crippen molar-refractivity contribution in [3.05, 3.63) is 18.1 Å². The van der Waals surface area contributed by atoms with Crippen LogP contribution in [0.25, 0.3) is 0 Å². The molecule has 14 heavy (non-hydrogen) atoms. The summed E-state index contributed by atoms with van der Waals surface area (Å²) in [7, 11) is 0. The first-order valence-electron chi connectivity index (χ1n) is 4.40. The van der Waals surface area contributed by atoms with Crippen LogP contribution in [-0.2, 0) is 16.1 Å². The Labute approximate surface area is 87.6 Å². The van der Waals surface area contributed by atoms with Gasteiger partial charge in [-0.05, 0) is 0 Å². The summed E-state index contributed by atoms with van der Waals surface area (Å²) in [4.78, 5) is 25.3. The summed E-state index contributed by atoms with van der Waals surface area (Å²) in [5, 5.41) is 0. The molecule has 4 nitrogen and oxygen atoms in total. The predicted octanol–water partition coefficient (Wildman–Crippen LogP) is 0.695. The second-order valence-corrected chi connectivity index (χ2v) is 18.4. The maximum atomic E-state index is 10.0. The number of aromatic nitrogens is 2. The van der Waals surface area contributed by atoms with Crippen molar-refractivity contribution in [2.45, 2.75) is 21.4 Å². The SMILES string of the molecule is [CH3][Sn]([CH3])([CH3])[c]1cncc(COC=O)n1. The first-order valence-corrected chi connectivity index (χ1v) is 14.4. The van der Waals surface area contributed by atoms with E-state index in [2.05, 4.69) is 29.5 Å². The Morgan fingerprint density at radius 2 is 2.14 bits per heavy atom. The van der Waals surface area contributed by atoms with Gasteiger partial charge in [0.15, 0.2) is 0 Å². The molecule has 0 unspecified atom stereocenters. The van der Waals surface area contributed by atoms with Crippen molar-refractivity contribution >= 4 is 28.6 Å². The Kier molecular flexibility index (Phi) is 3.85. The van der Waals surface area contributed by atoms with Crippen molar-refractivity contribution in [2.75, 3.05) is 0 Å². The van der Waals surface area contributed by atoms with E-state index in [1.807, 2.05) is 6.20 Å². The van der Waals surface area contributed by atoms with E-state index in [-0.39, 0.29) is 6.61 Å². The summed E-state index contributed by atoms with van der Waals surface area (Å²) in [6, 6.07) is 0. The number of ether oxygens (including phenoxy) is 1. The fourth-order valence-electron chi connectivity index (χ4n) is 0.957. The third kappa shape index (κ3) is 3.25. The van der Waals surface area contributed by atoms with Crippen molar-refractivity contribution < 1.29 is 9.53 Å². The number of hydrogen-bond donors (Lipinski definition) is 0. The molecular weight excluding hydrogens is 287 g/mol. The Bertz CT molecular complexity index is 323. The minimum atomic E-state index is -2.13. The molecule has 0 N–H and O–H groups in total. The van der Waals surface area contributed by atoms with Gasteiger partial charge in [0, 0.05) is 0 Å². The first kappa shape index (κ1) is 11.4. The first-order chi connectivity index (χ1) is 6.54. The molecule has 0 aliphatic rings. The van der Waals surface area contributed by atoms with Gasteiger partial charge in [-0.15, -0.1) is 0 Å². The van der Waals surface area contributed by atoms with Crippen LogP contribution in [0.4, 0.5) is 0 Å².